The molecule has 2 aromatic carbocycles. The third-order valence-electron chi connectivity index (χ3n) is 4.40. The van der Waals surface area contributed by atoms with Crippen LogP contribution in [0, 0.1) is 0 Å². The number of hydrogen-bond acceptors (Lipinski definition) is 6. The summed E-state index contributed by atoms with van der Waals surface area (Å²) in [5.74, 6) is -0.843. The Hall–Kier alpha value is -3.44. The van der Waals surface area contributed by atoms with Gasteiger partial charge in [0.15, 0.2) is 0 Å². The fourth-order valence-electron chi connectivity index (χ4n) is 2.90. The van der Waals surface area contributed by atoms with Crippen molar-refractivity contribution in [3.63, 3.8) is 0 Å². The van der Waals surface area contributed by atoms with Crippen LogP contribution in [0.1, 0.15) is 13.8 Å². The van der Waals surface area contributed by atoms with E-state index in [0.717, 1.165) is 0 Å². The minimum Gasteiger partial charge on any atom is -0.447 e. The third-order valence-corrected chi connectivity index (χ3v) is 5.95. The molecule has 2 aromatic rings. The predicted molar refractivity (Wildman–Crippen MR) is 114 cm³/mol. The van der Waals surface area contributed by atoms with Crippen LogP contribution in [0.2, 0.25) is 0 Å². The standard InChI is InChI=1S/C20H22N4O6S/c1-13(23-31(28,29)18-8-6-15(7-9-18)21-14(2)25)19(26)22-16-4-3-5-17(12-16)24-10-11-30-20(24)27/h3-9,12-13,23H,10-11H2,1-2H3,(H,21,25)(H,22,26)/t13-/m0/s1. The number of ether oxygens (including phenoxy) is 1. The van der Waals surface area contributed by atoms with Crippen molar-refractivity contribution >= 4 is 45.0 Å². The number of rotatable bonds is 7. The Balaban J connectivity index is 1.65. The van der Waals surface area contributed by atoms with Gasteiger partial charge in [0.2, 0.25) is 21.8 Å². The number of carbonyl (C=O) groups excluding carboxylic acids is 3. The highest BCUT2D eigenvalue weighted by Gasteiger charge is 2.25. The van der Waals surface area contributed by atoms with Crippen molar-refractivity contribution in [1.29, 1.82) is 0 Å². The second kappa shape index (κ2) is 9.14. The van der Waals surface area contributed by atoms with Gasteiger partial charge in [0.05, 0.1) is 17.5 Å². The molecule has 3 N–H and O–H groups in total. The van der Waals surface area contributed by atoms with Gasteiger partial charge in [0, 0.05) is 24.0 Å². The average Bonchev–Trinajstić information content (AvgIpc) is 3.13. The zero-order valence-electron chi connectivity index (χ0n) is 16.9. The Morgan fingerprint density at radius 2 is 1.77 bits per heavy atom. The van der Waals surface area contributed by atoms with Crippen LogP contribution >= 0.6 is 0 Å². The van der Waals surface area contributed by atoms with Gasteiger partial charge in [-0.05, 0) is 49.4 Å². The van der Waals surface area contributed by atoms with Crippen LogP contribution in [0.5, 0.6) is 0 Å². The quantitative estimate of drug-likeness (QED) is 0.595. The Kier molecular flexibility index (Phi) is 6.56. The van der Waals surface area contributed by atoms with Crippen molar-refractivity contribution in [1.82, 2.24) is 4.72 Å². The summed E-state index contributed by atoms with van der Waals surface area (Å²) in [5.41, 5.74) is 1.43. The molecule has 0 radical (unpaired) electrons. The van der Waals surface area contributed by atoms with Crippen molar-refractivity contribution in [3.8, 4) is 0 Å². The first-order valence-electron chi connectivity index (χ1n) is 9.41. The van der Waals surface area contributed by atoms with Gasteiger partial charge in [0.25, 0.3) is 0 Å². The van der Waals surface area contributed by atoms with Crippen molar-refractivity contribution in [2.45, 2.75) is 24.8 Å². The summed E-state index contributed by atoms with van der Waals surface area (Å²) in [6, 6.07) is 11.1. The highest BCUT2D eigenvalue weighted by Crippen LogP contribution is 2.22. The minimum atomic E-state index is -3.96. The van der Waals surface area contributed by atoms with Crippen molar-refractivity contribution < 1.29 is 27.5 Å². The van der Waals surface area contributed by atoms with E-state index in [1.54, 1.807) is 24.3 Å². The molecule has 0 bridgehead atoms. The summed E-state index contributed by atoms with van der Waals surface area (Å²) in [5, 5.41) is 5.18. The normalized spacial score (nSPS) is 14.6. The summed E-state index contributed by atoms with van der Waals surface area (Å²) in [7, 11) is -3.96. The van der Waals surface area contributed by atoms with E-state index in [1.807, 2.05) is 0 Å². The molecule has 1 aliphatic rings. The third kappa shape index (κ3) is 5.58. The van der Waals surface area contributed by atoms with Gasteiger partial charge in [-0.1, -0.05) is 6.07 Å². The van der Waals surface area contributed by atoms with Crippen LogP contribution < -0.4 is 20.3 Å². The van der Waals surface area contributed by atoms with Gasteiger partial charge in [-0.25, -0.2) is 13.2 Å². The number of nitrogens with zero attached hydrogens (tertiary/aromatic N) is 1. The van der Waals surface area contributed by atoms with Crippen LogP contribution in [-0.4, -0.2) is 45.5 Å². The molecule has 0 spiro atoms. The number of sulfonamides is 1. The highest BCUT2D eigenvalue weighted by molar-refractivity contribution is 7.89. The van der Waals surface area contributed by atoms with Crippen LogP contribution in [0.25, 0.3) is 0 Å². The molecule has 31 heavy (non-hydrogen) atoms. The molecule has 1 heterocycles. The zero-order valence-corrected chi connectivity index (χ0v) is 17.7. The molecular weight excluding hydrogens is 424 g/mol. The van der Waals surface area contributed by atoms with Gasteiger partial charge in [-0.3, -0.25) is 14.5 Å². The van der Waals surface area contributed by atoms with E-state index in [2.05, 4.69) is 15.4 Å². The minimum absolute atomic E-state index is 0.0456. The number of hydrogen-bond donors (Lipinski definition) is 3. The number of carbonyl (C=O) groups is 3. The monoisotopic (exact) mass is 446 g/mol. The molecule has 0 aromatic heterocycles. The SMILES string of the molecule is CC(=O)Nc1ccc(S(=O)(=O)N[C@@H](C)C(=O)Nc2cccc(N3CCOC3=O)c2)cc1. The van der Waals surface area contributed by atoms with E-state index in [0.29, 0.717) is 30.2 Å². The molecule has 1 saturated heterocycles. The average molecular weight is 446 g/mol. The lowest BCUT2D eigenvalue weighted by Gasteiger charge is -2.17. The van der Waals surface area contributed by atoms with Gasteiger partial charge in [-0.2, -0.15) is 4.72 Å². The second-order valence-electron chi connectivity index (χ2n) is 6.85. The fourth-order valence-corrected chi connectivity index (χ4v) is 4.11. The van der Waals surface area contributed by atoms with Gasteiger partial charge >= 0.3 is 6.09 Å². The predicted octanol–water partition coefficient (Wildman–Crippen LogP) is 1.91. The van der Waals surface area contributed by atoms with E-state index in [4.69, 9.17) is 4.74 Å². The summed E-state index contributed by atoms with van der Waals surface area (Å²) < 4.78 is 32.3. The maximum absolute atomic E-state index is 12.6. The molecule has 11 heteroatoms. The Morgan fingerprint density at radius 3 is 2.39 bits per heavy atom. The largest absolute Gasteiger partial charge is 0.447 e. The van der Waals surface area contributed by atoms with Crippen LogP contribution in [-0.2, 0) is 24.3 Å². The highest BCUT2D eigenvalue weighted by atomic mass is 32.2. The number of benzene rings is 2. The zero-order chi connectivity index (χ0) is 22.6. The maximum Gasteiger partial charge on any atom is 0.414 e. The molecule has 10 nitrogen and oxygen atoms in total. The van der Waals surface area contributed by atoms with E-state index in [9.17, 15) is 22.8 Å². The number of anilines is 3. The first-order chi connectivity index (χ1) is 14.7. The lowest BCUT2D eigenvalue weighted by molar-refractivity contribution is -0.117. The van der Waals surface area contributed by atoms with Crippen LogP contribution in [0.3, 0.4) is 0 Å². The van der Waals surface area contributed by atoms with E-state index in [-0.39, 0.29) is 10.8 Å². The molecular formula is C20H22N4O6S. The number of cyclic esters (lactones) is 1. The maximum atomic E-state index is 12.6. The molecule has 3 rings (SSSR count). The molecule has 0 unspecified atom stereocenters. The van der Waals surface area contributed by atoms with E-state index < -0.39 is 28.1 Å². The Labute approximate surface area is 179 Å². The Morgan fingerprint density at radius 1 is 1.06 bits per heavy atom. The molecule has 0 aliphatic carbocycles. The first kappa shape index (κ1) is 22.2. The van der Waals surface area contributed by atoms with Gasteiger partial charge < -0.3 is 15.4 Å². The molecule has 1 aliphatic heterocycles. The van der Waals surface area contributed by atoms with Gasteiger partial charge in [0.1, 0.15) is 6.61 Å². The Bertz CT molecular complexity index is 1100. The van der Waals surface area contributed by atoms with Crippen LogP contribution in [0.4, 0.5) is 21.9 Å². The van der Waals surface area contributed by atoms with Crippen molar-refractivity contribution in [2.75, 3.05) is 28.7 Å². The summed E-state index contributed by atoms with van der Waals surface area (Å²) >= 11 is 0. The van der Waals surface area contributed by atoms with E-state index in [1.165, 1.54) is 43.0 Å². The molecule has 164 valence electrons. The lowest BCUT2D eigenvalue weighted by atomic mass is 10.2. The number of nitrogens with one attached hydrogen (secondary N) is 3. The van der Waals surface area contributed by atoms with Crippen LogP contribution in [0.15, 0.2) is 53.4 Å². The first-order valence-corrected chi connectivity index (χ1v) is 10.9. The summed E-state index contributed by atoms with van der Waals surface area (Å²) in [4.78, 5) is 36.7. The fraction of sp³-hybridized carbons (Fsp3) is 0.250. The molecule has 0 saturated carbocycles. The summed E-state index contributed by atoms with van der Waals surface area (Å²) in [6.07, 6.45) is -0.464. The van der Waals surface area contributed by atoms with Crippen molar-refractivity contribution in [2.24, 2.45) is 0 Å². The molecule has 1 atom stereocenters. The number of amides is 3. The second-order valence-corrected chi connectivity index (χ2v) is 8.57. The van der Waals surface area contributed by atoms with Crippen molar-refractivity contribution in [3.05, 3.63) is 48.5 Å². The smallest absolute Gasteiger partial charge is 0.414 e. The summed E-state index contributed by atoms with van der Waals surface area (Å²) in [6.45, 7) is 3.46. The van der Waals surface area contributed by atoms with E-state index >= 15 is 0 Å². The molecule has 3 amide bonds. The molecule has 1 fully saturated rings. The topological polar surface area (TPSA) is 134 Å². The van der Waals surface area contributed by atoms with Gasteiger partial charge in [-0.15, -0.1) is 0 Å². The lowest BCUT2D eigenvalue weighted by Crippen LogP contribution is -2.41.